The van der Waals surface area contributed by atoms with Crippen LogP contribution in [0.25, 0.3) is 10.9 Å². The molecule has 4 rings (SSSR count). The molecule has 136 valence electrons. The summed E-state index contributed by atoms with van der Waals surface area (Å²) in [5.41, 5.74) is 5.62. The van der Waals surface area contributed by atoms with Crippen LogP contribution >= 0.6 is 11.6 Å². The van der Waals surface area contributed by atoms with E-state index in [-0.39, 0.29) is 6.04 Å². The van der Waals surface area contributed by atoms with Crippen LogP contribution in [-0.2, 0) is 6.54 Å². The molecule has 2 heterocycles. The third-order valence-electron chi connectivity index (χ3n) is 5.12. The second-order valence-corrected chi connectivity index (χ2v) is 7.22. The minimum absolute atomic E-state index is 0.0766. The Balaban J connectivity index is 1.65. The fraction of sp³-hybridized carbons (Fsp3) is 0.174. The molecule has 2 aromatic heterocycles. The number of benzene rings is 2. The van der Waals surface area contributed by atoms with E-state index in [0.717, 1.165) is 28.8 Å². The predicted octanol–water partition coefficient (Wildman–Crippen LogP) is 4.95. The Labute approximate surface area is 164 Å². The zero-order valence-electron chi connectivity index (χ0n) is 15.4. The van der Waals surface area contributed by atoms with Crippen LogP contribution in [0.3, 0.4) is 0 Å². The van der Waals surface area contributed by atoms with E-state index in [1.54, 1.807) is 6.26 Å². The normalized spacial score (nSPS) is 12.4. The quantitative estimate of drug-likeness (QED) is 0.500. The highest BCUT2D eigenvalue weighted by Crippen LogP contribution is 2.25. The number of nitrogens with two attached hydrogens (primary N) is 1. The van der Waals surface area contributed by atoms with Crippen LogP contribution in [0.4, 0.5) is 0 Å². The van der Waals surface area contributed by atoms with Gasteiger partial charge in [-0.3, -0.25) is 0 Å². The van der Waals surface area contributed by atoms with E-state index >= 15 is 0 Å². The lowest BCUT2D eigenvalue weighted by Crippen LogP contribution is -2.83. The summed E-state index contributed by atoms with van der Waals surface area (Å²) >= 11 is 6.53. The summed E-state index contributed by atoms with van der Waals surface area (Å²) in [5, 5.41) is 3.93. The van der Waals surface area contributed by atoms with Gasteiger partial charge in [0.1, 0.15) is 11.7 Å². The van der Waals surface area contributed by atoms with Crippen LogP contribution in [0.2, 0.25) is 5.15 Å². The van der Waals surface area contributed by atoms with E-state index in [1.165, 1.54) is 16.7 Å². The van der Waals surface area contributed by atoms with Crippen LogP contribution in [0.5, 0.6) is 0 Å². The number of hydrogen-bond acceptors (Lipinski definition) is 2. The molecule has 0 aliphatic heterocycles. The highest BCUT2D eigenvalue weighted by Gasteiger charge is 2.21. The van der Waals surface area contributed by atoms with Crippen LogP contribution in [0.15, 0.2) is 71.3 Å². The van der Waals surface area contributed by atoms with Crippen molar-refractivity contribution in [3.05, 3.63) is 100 Å². The van der Waals surface area contributed by atoms with Crippen LogP contribution in [0.1, 0.15) is 34.1 Å². The molecule has 3 nitrogen and oxygen atoms in total. The number of aryl methyl sites for hydroxylation is 2. The van der Waals surface area contributed by atoms with Crippen LogP contribution in [0, 0.1) is 13.8 Å². The van der Waals surface area contributed by atoms with Gasteiger partial charge in [0.15, 0.2) is 11.8 Å². The maximum absolute atomic E-state index is 6.53. The van der Waals surface area contributed by atoms with Crippen molar-refractivity contribution in [2.45, 2.75) is 26.4 Å². The van der Waals surface area contributed by atoms with E-state index in [4.69, 9.17) is 16.0 Å². The lowest BCUT2D eigenvalue weighted by Gasteiger charge is -2.15. The molecule has 0 saturated heterocycles. The van der Waals surface area contributed by atoms with Crippen LogP contribution in [-0.4, -0.2) is 4.98 Å². The van der Waals surface area contributed by atoms with E-state index in [2.05, 4.69) is 66.6 Å². The van der Waals surface area contributed by atoms with E-state index in [1.807, 2.05) is 18.2 Å². The summed E-state index contributed by atoms with van der Waals surface area (Å²) in [6, 6.07) is 20.8. The van der Waals surface area contributed by atoms with Gasteiger partial charge >= 0.3 is 0 Å². The Morgan fingerprint density at radius 2 is 1.85 bits per heavy atom. The van der Waals surface area contributed by atoms with Gasteiger partial charge in [0.05, 0.1) is 11.8 Å². The van der Waals surface area contributed by atoms with Gasteiger partial charge in [0.2, 0.25) is 0 Å². The van der Waals surface area contributed by atoms with Crippen molar-refractivity contribution in [1.82, 2.24) is 4.98 Å². The fourth-order valence-corrected chi connectivity index (χ4v) is 3.65. The van der Waals surface area contributed by atoms with E-state index in [0.29, 0.717) is 5.15 Å². The number of fused-ring (bicyclic) bond motifs is 1. The van der Waals surface area contributed by atoms with Gasteiger partial charge in [0, 0.05) is 16.5 Å². The molecule has 1 atom stereocenters. The average Bonchev–Trinajstić information content (AvgIpc) is 3.21. The summed E-state index contributed by atoms with van der Waals surface area (Å²) < 4.78 is 5.69. The number of rotatable bonds is 5. The third-order valence-corrected chi connectivity index (χ3v) is 5.45. The molecule has 2 aromatic carbocycles. The second kappa shape index (κ2) is 7.55. The first-order valence-corrected chi connectivity index (χ1v) is 9.48. The summed E-state index contributed by atoms with van der Waals surface area (Å²) in [6.07, 6.45) is 1.72. The number of halogens is 1. The summed E-state index contributed by atoms with van der Waals surface area (Å²) in [7, 11) is 0. The lowest BCUT2D eigenvalue weighted by molar-refractivity contribution is -0.704. The van der Waals surface area contributed by atoms with Gasteiger partial charge in [-0.1, -0.05) is 54.1 Å². The van der Waals surface area contributed by atoms with Gasteiger partial charge in [-0.15, -0.1) is 0 Å². The van der Waals surface area contributed by atoms with Crippen molar-refractivity contribution < 1.29 is 9.73 Å². The number of pyridine rings is 1. The highest BCUT2D eigenvalue weighted by atomic mass is 35.5. The third kappa shape index (κ3) is 3.61. The Bertz CT molecular complexity index is 1060. The first kappa shape index (κ1) is 17.8. The highest BCUT2D eigenvalue weighted by molar-refractivity contribution is 6.30. The molecule has 0 unspecified atom stereocenters. The Morgan fingerprint density at radius 1 is 1.04 bits per heavy atom. The van der Waals surface area contributed by atoms with Crippen molar-refractivity contribution in [3.8, 4) is 0 Å². The molecule has 4 aromatic rings. The fourth-order valence-electron chi connectivity index (χ4n) is 3.44. The molecule has 0 spiro atoms. The zero-order valence-corrected chi connectivity index (χ0v) is 16.2. The number of nitrogens with zero attached hydrogens (tertiary/aromatic N) is 1. The molecular formula is C23H22ClN2O+. The predicted molar refractivity (Wildman–Crippen MR) is 109 cm³/mol. The van der Waals surface area contributed by atoms with Gasteiger partial charge in [-0.25, -0.2) is 4.98 Å². The number of hydrogen-bond donors (Lipinski definition) is 1. The molecule has 0 amide bonds. The molecular weight excluding hydrogens is 356 g/mol. The van der Waals surface area contributed by atoms with Crippen LogP contribution < -0.4 is 5.32 Å². The summed E-state index contributed by atoms with van der Waals surface area (Å²) in [6.45, 7) is 4.91. The smallest absolute Gasteiger partial charge is 0.170 e. The first-order chi connectivity index (χ1) is 13.1. The molecule has 0 aliphatic carbocycles. The standard InChI is InChI=1S/C23H21ClN2O/c1-15-10-11-18-13-19(23(24)26-21(18)16(15)2)14-25-22(20-9-6-12-27-20)17-7-4-3-5-8-17/h3-13,22,25H,14H2,1-2H3/p+1/t22-/m0/s1. The van der Waals surface area contributed by atoms with Gasteiger partial charge in [-0.05, 0) is 43.2 Å². The molecule has 0 saturated carbocycles. The minimum Gasteiger partial charge on any atom is -0.463 e. The molecule has 0 radical (unpaired) electrons. The first-order valence-electron chi connectivity index (χ1n) is 9.10. The largest absolute Gasteiger partial charge is 0.463 e. The van der Waals surface area contributed by atoms with Crippen molar-refractivity contribution in [2.75, 3.05) is 0 Å². The van der Waals surface area contributed by atoms with Crippen molar-refractivity contribution >= 4 is 22.5 Å². The average molecular weight is 378 g/mol. The Morgan fingerprint density at radius 3 is 2.59 bits per heavy atom. The molecule has 4 heteroatoms. The van der Waals surface area contributed by atoms with Gasteiger partial charge in [0.25, 0.3) is 0 Å². The Hall–Kier alpha value is -2.62. The van der Waals surface area contributed by atoms with E-state index in [9.17, 15) is 0 Å². The second-order valence-electron chi connectivity index (χ2n) is 6.86. The molecule has 0 bridgehead atoms. The Kier molecular flexibility index (Phi) is 4.97. The maximum atomic E-state index is 6.53. The minimum atomic E-state index is 0.0766. The topological polar surface area (TPSA) is 42.6 Å². The summed E-state index contributed by atoms with van der Waals surface area (Å²) in [4.78, 5) is 4.67. The SMILES string of the molecule is Cc1ccc2cc(C[NH2+][C@@H](c3ccccc3)c3ccco3)c(Cl)nc2c1C. The number of aromatic nitrogens is 1. The van der Waals surface area contributed by atoms with Crippen molar-refractivity contribution in [2.24, 2.45) is 0 Å². The molecule has 0 fully saturated rings. The molecule has 2 N–H and O–H groups in total. The molecule has 27 heavy (non-hydrogen) atoms. The van der Waals surface area contributed by atoms with Gasteiger partial charge < -0.3 is 9.73 Å². The number of quaternary nitrogens is 1. The van der Waals surface area contributed by atoms with Crippen molar-refractivity contribution in [1.29, 1.82) is 0 Å². The lowest BCUT2D eigenvalue weighted by atomic mass is 10.0. The summed E-state index contributed by atoms with van der Waals surface area (Å²) in [5.74, 6) is 0.928. The molecule has 0 aliphatic rings. The van der Waals surface area contributed by atoms with Crippen molar-refractivity contribution in [3.63, 3.8) is 0 Å². The van der Waals surface area contributed by atoms with E-state index < -0.39 is 0 Å². The van der Waals surface area contributed by atoms with Gasteiger partial charge in [-0.2, -0.15) is 0 Å². The maximum Gasteiger partial charge on any atom is 0.170 e. The number of furan rings is 1. The monoisotopic (exact) mass is 377 g/mol. The zero-order chi connectivity index (χ0) is 18.8.